The summed E-state index contributed by atoms with van der Waals surface area (Å²) in [6, 6.07) is 0.429. The van der Waals surface area contributed by atoms with Gasteiger partial charge in [0.2, 0.25) is 0 Å². The minimum absolute atomic E-state index is 0.0572. The van der Waals surface area contributed by atoms with Crippen LogP contribution in [0, 0.1) is 6.92 Å². The van der Waals surface area contributed by atoms with Crippen LogP contribution in [0.5, 0.6) is 0 Å². The summed E-state index contributed by atoms with van der Waals surface area (Å²) in [7, 11) is 0. The van der Waals surface area contributed by atoms with Crippen molar-refractivity contribution in [1.29, 1.82) is 0 Å². The Morgan fingerprint density at radius 2 is 2.09 bits per heavy atom. The Morgan fingerprint density at radius 3 is 2.73 bits per heavy atom. The summed E-state index contributed by atoms with van der Waals surface area (Å²) in [4.78, 5) is 8.47. The normalized spacial score (nSPS) is 21.8. The Hall–Kier alpha value is -1.36. The summed E-state index contributed by atoms with van der Waals surface area (Å²) in [5, 5.41) is 4.70. The van der Waals surface area contributed by atoms with E-state index in [2.05, 4.69) is 44.3 Å². The number of rotatable bonds is 4. The zero-order chi connectivity index (χ0) is 15.9. The molecule has 0 aliphatic carbocycles. The summed E-state index contributed by atoms with van der Waals surface area (Å²) < 4.78 is 7.95. The number of fused-ring (bicyclic) bond motifs is 1. The molecule has 1 saturated heterocycles. The highest BCUT2D eigenvalue weighted by molar-refractivity contribution is 5.74. The molecular formula is C17H28N4O. The summed E-state index contributed by atoms with van der Waals surface area (Å²) >= 11 is 0. The maximum Gasteiger partial charge on any atom is 0.176 e. The van der Waals surface area contributed by atoms with Gasteiger partial charge in [-0.15, -0.1) is 0 Å². The molecule has 2 aromatic heterocycles. The van der Waals surface area contributed by atoms with E-state index in [-0.39, 0.29) is 5.60 Å². The van der Waals surface area contributed by atoms with Gasteiger partial charge in [-0.05, 0) is 46.5 Å². The fraction of sp³-hybridized carbons (Fsp3) is 0.765. The van der Waals surface area contributed by atoms with Crippen molar-refractivity contribution in [3.63, 3.8) is 0 Å². The van der Waals surface area contributed by atoms with E-state index in [1.54, 1.807) is 0 Å². The fourth-order valence-electron chi connectivity index (χ4n) is 3.61. The van der Waals surface area contributed by atoms with Gasteiger partial charge in [-0.25, -0.2) is 9.67 Å². The molecule has 0 bridgehead atoms. The van der Waals surface area contributed by atoms with Crippen molar-refractivity contribution in [2.24, 2.45) is 0 Å². The molecule has 2 aromatic rings. The molecule has 122 valence electrons. The van der Waals surface area contributed by atoms with Gasteiger partial charge in [0.05, 0.1) is 17.3 Å². The highest BCUT2D eigenvalue weighted by Gasteiger charge is 2.32. The predicted molar refractivity (Wildman–Crippen MR) is 88.2 cm³/mol. The first kappa shape index (κ1) is 15.5. The van der Waals surface area contributed by atoms with Crippen molar-refractivity contribution in [1.82, 2.24) is 19.7 Å². The molecule has 0 saturated carbocycles. The van der Waals surface area contributed by atoms with E-state index in [1.165, 1.54) is 0 Å². The van der Waals surface area contributed by atoms with Crippen molar-refractivity contribution in [2.45, 2.75) is 77.9 Å². The van der Waals surface area contributed by atoms with Gasteiger partial charge in [0.15, 0.2) is 5.65 Å². The number of aromatic amines is 1. The molecule has 0 radical (unpaired) electrons. The maximum atomic E-state index is 5.83. The molecule has 0 aromatic carbocycles. The van der Waals surface area contributed by atoms with E-state index in [0.717, 1.165) is 55.0 Å². The highest BCUT2D eigenvalue weighted by Crippen LogP contribution is 2.35. The summed E-state index contributed by atoms with van der Waals surface area (Å²) in [6.07, 6.45) is 4.22. The lowest BCUT2D eigenvalue weighted by Gasteiger charge is -2.34. The first-order valence-electron chi connectivity index (χ1n) is 8.53. The van der Waals surface area contributed by atoms with Gasteiger partial charge < -0.3 is 9.72 Å². The van der Waals surface area contributed by atoms with Gasteiger partial charge in [0, 0.05) is 12.5 Å². The zero-order valence-corrected chi connectivity index (χ0v) is 14.4. The molecule has 1 N–H and O–H groups in total. The minimum Gasteiger partial charge on any atom is -0.376 e. The SMILES string of the molecule is CCC(CC)n1nc(C)c2[nH]c(C3CCOC(C)(C)C3)nc21. The third kappa shape index (κ3) is 2.67. The van der Waals surface area contributed by atoms with E-state index in [4.69, 9.17) is 14.8 Å². The number of aromatic nitrogens is 4. The van der Waals surface area contributed by atoms with Crippen LogP contribution in [-0.4, -0.2) is 32.0 Å². The fourth-order valence-corrected chi connectivity index (χ4v) is 3.61. The van der Waals surface area contributed by atoms with Gasteiger partial charge in [0.25, 0.3) is 0 Å². The molecule has 5 heteroatoms. The molecule has 1 unspecified atom stereocenters. The first-order chi connectivity index (χ1) is 10.4. The Balaban J connectivity index is 1.98. The van der Waals surface area contributed by atoms with E-state index in [0.29, 0.717) is 12.0 Å². The second kappa shape index (κ2) is 5.69. The lowest BCUT2D eigenvalue weighted by molar-refractivity contribution is -0.0602. The Bertz CT molecular complexity index is 651. The number of H-pyrrole nitrogens is 1. The topological polar surface area (TPSA) is 55.7 Å². The molecule has 1 atom stereocenters. The largest absolute Gasteiger partial charge is 0.376 e. The molecular weight excluding hydrogens is 276 g/mol. The smallest absolute Gasteiger partial charge is 0.176 e. The van der Waals surface area contributed by atoms with Crippen molar-refractivity contribution >= 4 is 11.2 Å². The van der Waals surface area contributed by atoms with Crippen molar-refractivity contribution < 1.29 is 4.74 Å². The summed E-state index contributed by atoms with van der Waals surface area (Å²) in [6.45, 7) is 11.6. The third-order valence-corrected chi connectivity index (χ3v) is 4.91. The van der Waals surface area contributed by atoms with Crippen molar-refractivity contribution in [3.8, 4) is 0 Å². The number of aryl methyl sites for hydroxylation is 1. The van der Waals surface area contributed by atoms with Crippen LogP contribution < -0.4 is 0 Å². The van der Waals surface area contributed by atoms with E-state index in [1.807, 2.05) is 0 Å². The van der Waals surface area contributed by atoms with Crippen LogP contribution in [0.2, 0.25) is 0 Å². The monoisotopic (exact) mass is 304 g/mol. The lowest BCUT2D eigenvalue weighted by atomic mass is 9.88. The van der Waals surface area contributed by atoms with Gasteiger partial charge in [-0.1, -0.05) is 13.8 Å². The van der Waals surface area contributed by atoms with E-state index >= 15 is 0 Å². The molecule has 3 rings (SSSR count). The Kier molecular flexibility index (Phi) is 4.02. The van der Waals surface area contributed by atoms with Crippen LogP contribution >= 0.6 is 0 Å². The third-order valence-electron chi connectivity index (χ3n) is 4.91. The van der Waals surface area contributed by atoms with Gasteiger partial charge >= 0.3 is 0 Å². The predicted octanol–water partition coefficient (Wildman–Crippen LogP) is 4.10. The van der Waals surface area contributed by atoms with Crippen LogP contribution in [0.1, 0.15) is 76.9 Å². The summed E-state index contributed by atoms with van der Waals surface area (Å²) in [5.41, 5.74) is 3.11. The van der Waals surface area contributed by atoms with E-state index in [9.17, 15) is 0 Å². The molecule has 5 nitrogen and oxygen atoms in total. The van der Waals surface area contributed by atoms with Crippen LogP contribution in [0.15, 0.2) is 0 Å². The van der Waals surface area contributed by atoms with Gasteiger partial charge in [0.1, 0.15) is 11.3 Å². The van der Waals surface area contributed by atoms with Crippen LogP contribution in [0.3, 0.4) is 0 Å². The number of hydrogen-bond donors (Lipinski definition) is 1. The summed E-state index contributed by atoms with van der Waals surface area (Å²) in [5.74, 6) is 1.55. The molecule has 0 spiro atoms. The minimum atomic E-state index is -0.0572. The van der Waals surface area contributed by atoms with Gasteiger partial charge in [-0.3, -0.25) is 0 Å². The van der Waals surface area contributed by atoms with Crippen LogP contribution in [-0.2, 0) is 4.74 Å². The first-order valence-corrected chi connectivity index (χ1v) is 8.53. The molecule has 3 heterocycles. The van der Waals surface area contributed by atoms with Crippen molar-refractivity contribution in [2.75, 3.05) is 6.61 Å². The molecule has 22 heavy (non-hydrogen) atoms. The highest BCUT2D eigenvalue weighted by atomic mass is 16.5. The van der Waals surface area contributed by atoms with Crippen LogP contribution in [0.25, 0.3) is 11.2 Å². The molecule has 1 aliphatic rings. The molecule has 1 aliphatic heterocycles. The Morgan fingerprint density at radius 1 is 1.36 bits per heavy atom. The number of hydrogen-bond acceptors (Lipinski definition) is 3. The van der Waals surface area contributed by atoms with Crippen LogP contribution in [0.4, 0.5) is 0 Å². The Labute approximate surface area is 132 Å². The number of nitrogens with one attached hydrogen (secondary N) is 1. The lowest BCUT2D eigenvalue weighted by Crippen LogP contribution is -2.33. The van der Waals surface area contributed by atoms with E-state index < -0.39 is 0 Å². The zero-order valence-electron chi connectivity index (χ0n) is 14.4. The molecule has 0 amide bonds. The second-order valence-corrected chi connectivity index (χ2v) is 7.12. The average molecular weight is 304 g/mol. The van der Waals surface area contributed by atoms with Crippen molar-refractivity contribution in [3.05, 3.63) is 11.5 Å². The number of imidazole rings is 1. The maximum absolute atomic E-state index is 5.83. The average Bonchev–Trinajstić information content (AvgIpc) is 3.01. The standard InChI is InChI=1S/C17H28N4O/c1-6-13(7-2)21-16-14(11(3)20-21)18-15(19-16)12-8-9-22-17(4,5)10-12/h12-13H,6-10H2,1-5H3,(H,18,19). The second-order valence-electron chi connectivity index (χ2n) is 7.12. The number of ether oxygens (including phenoxy) is 1. The number of nitrogens with zero attached hydrogens (tertiary/aromatic N) is 3. The molecule has 1 fully saturated rings. The van der Waals surface area contributed by atoms with Gasteiger partial charge in [-0.2, -0.15) is 5.10 Å². The quantitative estimate of drug-likeness (QED) is 0.925.